The number of amides is 1. The first-order valence-corrected chi connectivity index (χ1v) is 7.59. The fraction of sp³-hybridized carbons (Fsp3) is 0.688. The minimum atomic E-state index is -0.596. The molecule has 0 aromatic carbocycles. The van der Waals surface area contributed by atoms with Gasteiger partial charge in [-0.1, -0.05) is 44.1 Å². The number of aliphatic hydroxyl groups is 1. The number of nitrogens with two attached hydrogens (primary N) is 1. The minimum absolute atomic E-state index is 0.389. The van der Waals surface area contributed by atoms with Gasteiger partial charge in [-0.3, -0.25) is 4.79 Å². The van der Waals surface area contributed by atoms with Crippen LogP contribution in [0.3, 0.4) is 0 Å². The third-order valence-corrected chi connectivity index (χ3v) is 3.39. The van der Waals surface area contributed by atoms with Crippen LogP contribution in [0.25, 0.3) is 0 Å². The number of unbranched alkanes of at least 4 members (excludes halogenated alkanes) is 3. The summed E-state index contributed by atoms with van der Waals surface area (Å²) in [6, 6.07) is 0. The zero-order valence-electron chi connectivity index (χ0n) is 12.3. The molecule has 1 heterocycles. The number of carbonyl (C=O) groups excluding carboxylic acids is 1. The van der Waals surface area contributed by atoms with Crippen LogP contribution in [-0.2, 0) is 9.53 Å². The molecular weight excluding hydrogens is 254 g/mol. The topological polar surface area (TPSA) is 75.8 Å². The molecule has 0 unspecified atom stereocenters. The van der Waals surface area contributed by atoms with Crippen molar-refractivity contribution in [2.24, 2.45) is 5.73 Å². The standard InChI is InChI=1S/C16H27NO3/c1-2-3-4-5-6-7-8-9-10-11-12-13(18)14-15(20-14)16(17)19/h6-7,9-10,13-15,18H,2-5,8,11-12H2,1H3,(H2,17,19)/b7-6+,10-9+/t13-,14-,15-/m1/s1. The minimum Gasteiger partial charge on any atom is -0.390 e. The van der Waals surface area contributed by atoms with Gasteiger partial charge in [-0.25, -0.2) is 0 Å². The van der Waals surface area contributed by atoms with Gasteiger partial charge in [-0.05, 0) is 32.1 Å². The molecule has 0 aromatic rings. The molecule has 1 rings (SSSR count). The third-order valence-electron chi connectivity index (χ3n) is 3.39. The second-order valence-electron chi connectivity index (χ2n) is 5.24. The largest absolute Gasteiger partial charge is 0.390 e. The van der Waals surface area contributed by atoms with Crippen molar-refractivity contribution in [3.8, 4) is 0 Å². The van der Waals surface area contributed by atoms with Gasteiger partial charge >= 0.3 is 0 Å². The van der Waals surface area contributed by atoms with E-state index in [1.807, 2.05) is 0 Å². The fourth-order valence-corrected chi connectivity index (χ4v) is 2.10. The Kier molecular flexibility index (Phi) is 8.23. The van der Waals surface area contributed by atoms with Crippen LogP contribution in [0.1, 0.15) is 51.9 Å². The van der Waals surface area contributed by atoms with Crippen molar-refractivity contribution >= 4 is 5.91 Å². The number of hydrogen-bond acceptors (Lipinski definition) is 3. The van der Waals surface area contributed by atoms with Gasteiger partial charge in [-0.15, -0.1) is 0 Å². The van der Waals surface area contributed by atoms with Crippen LogP contribution in [0.5, 0.6) is 0 Å². The van der Waals surface area contributed by atoms with Gasteiger partial charge in [0.25, 0.3) is 0 Å². The Balaban J connectivity index is 1.98. The maximum absolute atomic E-state index is 10.8. The van der Waals surface area contributed by atoms with Crippen molar-refractivity contribution in [3.63, 3.8) is 0 Å². The smallest absolute Gasteiger partial charge is 0.249 e. The molecule has 1 fully saturated rings. The van der Waals surface area contributed by atoms with E-state index in [0.29, 0.717) is 6.42 Å². The van der Waals surface area contributed by atoms with Crippen molar-refractivity contribution in [1.29, 1.82) is 0 Å². The highest BCUT2D eigenvalue weighted by Gasteiger charge is 2.47. The number of epoxide rings is 1. The Hall–Kier alpha value is -1.13. The maximum atomic E-state index is 10.8. The first kappa shape index (κ1) is 16.9. The summed E-state index contributed by atoms with van der Waals surface area (Å²) in [6.07, 6.45) is 14.3. The van der Waals surface area contributed by atoms with E-state index in [2.05, 4.69) is 31.2 Å². The third kappa shape index (κ3) is 6.87. The lowest BCUT2D eigenvalue weighted by Crippen LogP contribution is -2.25. The first-order valence-electron chi connectivity index (χ1n) is 7.59. The highest BCUT2D eigenvalue weighted by molar-refractivity contribution is 5.81. The van der Waals surface area contributed by atoms with E-state index in [-0.39, 0.29) is 6.10 Å². The summed E-state index contributed by atoms with van der Waals surface area (Å²) in [6.45, 7) is 2.21. The number of aliphatic hydroxyl groups excluding tert-OH is 1. The van der Waals surface area contributed by atoms with Gasteiger partial charge in [0.2, 0.25) is 5.91 Å². The average molecular weight is 281 g/mol. The normalized spacial score (nSPS) is 23.5. The quantitative estimate of drug-likeness (QED) is 0.347. The summed E-state index contributed by atoms with van der Waals surface area (Å²) in [5.41, 5.74) is 5.08. The van der Waals surface area contributed by atoms with E-state index in [1.165, 1.54) is 19.3 Å². The van der Waals surface area contributed by atoms with Crippen molar-refractivity contribution < 1.29 is 14.6 Å². The van der Waals surface area contributed by atoms with Crippen molar-refractivity contribution in [2.45, 2.75) is 70.2 Å². The molecule has 20 heavy (non-hydrogen) atoms. The molecule has 0 spiro atoms. The molecule has 1 saturated heterocycles. The molecule has 0 aromatic heterocycles. The van der Waals surface area contributed by atoms with E-state index in [0.717, 1.165) is 19.3 Å². The van der Waals surface area contributed by atoms with Crippen LogP contribution in [0.4, 0.5) is 0 Å². The lowest BCUT2D eigenvalue weighted by atomic mass is 10.1. The number of allylic oxidation sites excluding steroid dienone is 4. The SMILES string of the molecule is CCCCC/C=C/C/C=C/CC[C@@H](O)[C@H]1O[C@H]1C(N)=O. The Bertz CT molecular complexity index is 339. The fourth-order valence-electron chi connectivity index (χ4n) is 2.10. The van der Waals surface area contributed by atoms with Gasteiger partial charge in [0, 0.05) is 0 Å². The Morgan fingerprint density at radius 1 is 1.25 bits per heavy atom. The number of carbonyl (C=O) groups is 1. The maximum Gasteiger partial charge on any atom is 0.249 e. The zero-order valence-corrected chi connectivity index (χ0v) is 12.3. The molecule has 4 nitrogen and oxygen atoms in total. The number of primary amides is 1. The molecule has 3 atom stereocenters. The first-order chi connectivity index (χ1) is 9.66. The summed E-state index contributed by atoms with van der Waals surface area (Å²) in [5.74, 6) is -0.488. The molecule has 114 valence electrons. The lowest BCUT2D eigenvalue weighted by molar-refractivity contribution is -0.119. The van der Waals surface area contributed by atoms with E-state index in [1.54, 1.807) is 0 Å². The van der Waals surface area contributed by atoms with Crippen LogP contribution in [-0.4, -0.2) is 29.3 Å². The molecule has 1 amide bonds. The number of ether oxygens (including phenoxy) is 1. The average Bonchev–Trinajstić information content (AvgIpc) is 3.21. The molecule has 0 aliphatic carbocycles. The van der Waals surface area contributed by atoms with Gasteiger partial charge in [0.05, 0.1) is 6.10 Å². The summed E-state index contributed by atoms with van der Waals surface area (Å²) in [5, 5.41) is 9.75. The van der Waals surface area contributed by atoms with E-state index < -0.39 is 18.1 Å². The second kappa shape index (κ2) is 9.72. The van der Waals surface area contributed by atoms with Crippen molar-refractivity contribution in [2.75, 3.05) is 0 Å². The monoisotopic (exact) mass is 281 g/mol. The van der Waals surface area contributed by atoms with E-state index >= 15 is 0 Å². The van der Waals surface area contributed by atoms with Crippen LogP contribution in [0, 0.1) is 0 Å². The summed E-state index contributed by atoms with van der Waals surface area (Å²) in [4.78, 5) is 10.8. The second-order valence-corrected chi connectivity index (χ2v) is 5.24. The highest BCUT2D eigenvalue weighted by atomic mass is 16.6. The van der Waals surface area contributed by atoms with Crippen LogP contribution >= 0.6 is 0 Å². The summed E-state index contributed by atoms with van der Waals surface area (Å²) in [7, 11) is 0. The molecule has 1 aliphatic rings. The Morgan fingerprint density at radius 2 is 1.95 bits per heavy atom. The zero-order chi connectivity index (χ0) is 14.8. The highest BCUT2D eigenvalue weighted by Crippen LogP contribution is 2.27. The predicted molar refractivity (Wildman–Crippen MR) is 80.1 cm³/mol. The molecule has 0 bridgehead atoms. The summed E-state index contributed by atoms with van der Waals surface area (Å²) < 4.78 is 5.02. The van der Waals surface area contributed by atoms with Crippen molar-refractivity contribution in [3.05, 3.63) is 24.3 Å². The van der Waals surface area contributed by atoms with Crippen molar-refractivity contribution in [1.82, 2.24) is 0 Å². The molecule has 0 radical (unpaired) electrons. The summed E-state index contributed by atoms with van der Waals surface area (Å²) >= 11 is 0. The van der Waals surface area contributed by atoms with Gasteiger partial charge < -0.3 is 15.6 Å². The van der Waals surface area contributed by atoms with Crippen LogP contribution < -0.4 is 5.73 Å². The lowest BCUT2D eigenvalue weighted by Gasteiger charge is -2.03. The molecule has 4 heteroatoms. The van der Waals surface area contributed by atoms with E-state index in [9.17, 15) is 9.90 Å². The predicted octanol–water partition coefficient (Wildman–Crippen LogP) is 2.46. The van der Waals surface area contributed by atoms with Gasteiger partial charge in [0.15, 0.2) is 6.10 Å². The molecule has 3 N–H and O–H groups in total. The molecular formula is C16H27NO3. The van der Waals surface area contributed by atoms with Crippen LogP contribution in [0.2, 0.25) is 0 Å². The van der Waals surface area contributed by atoms with Gasteiger partial charge in [0.1, 0.15) is 6.10 Å². The van der Waals surface area contributed by atoms with E-state index in [4.69, 9.17) is 10.5 Å². The Morgan fingerprint density at radius 3 is 2.55 bits per heavy atom. The molecule has 0 saturated carbocycles. The number of hydrogen-bond donors (Lipinski definition) is 2. The Labute approximate surface area is 121 Å². The van der Waals surface area contributed by atoms with Crippen LogP contribution in [0.15, 0.2) is 24.3 Å². The number of rotatable bonds is 11. The van der Waals surface area contributed by atoms with Gasteiger partial charge in [-0.2, -0.15) is 0 Å². The molecule has 1 aliphatic heterocycles.